The standard InChI is InChI=1S/C32H29NO2.C20H20N2.C13H10N2.C10H9NO3.C7H9BO2.C7H7.C6H3BrN2.ClH.Mg/c1-22-8-5-6-11-29(22)30-12-7-17-33-32(30)26(18-23-9-3-2-4-10-23)20-28(35)19-25-14-13-24-15-16-27(34)21-31(24)25;1-15-8-5-6-11-17(15)18-12-7-13-22-20(18)19(21)14-16-9-3-2-4-10-16;1-10-5-2-3-6-11(10)12-7-4-8-15-13(12)9-14;12-7-1-2-9-8(4-7)6(5-11-9)3-10(13)14;1-6-4-2-3-5-7(6)8(9)10;1-7-5-3-2-4-6-7;7-5-2-1-3-9-6(5)4-8;;/h2-12,14-17,21,26,34H,13,18-20H2,1H3;2-13,19H,14,21H2,1H3;2-8H,1H3;1-2,4-5,11-12H,3H2,(H,13,14);2-5,9-10H,1H3;2-6H,1H2;1-3H;1H;/q;;;;;-1;;;+2/p-1. The van der Waals surface area contributed by atoms with E-state index in [2.05, 4.69) is 148 Å². The molecule has 9 aromatic carbocycles. The number of hydrogen-bond donors (Lipinski definition) is 7. The number of nitrogens with one attached hydrogen (secondary N) is 1. The molecular formula is C95H87BBrClMgN8O7. The van der Waals surface area contributed by atoms with E-state index in [0.717, 1.165) is 107 Å². The van der Waals surface area contributed by atoms with Crippen LogP contribution in [0.5, 0.6) is 11.5 Å². The fourth-order valence-corrected chi connectivity index (χ4v) is 13.1. The molecule has 5 heterocycles. The number of aryl methyl sites for hydroxylation is 4. The summed E-state index contributed by atoms with van der Waals surface area (Å²) < 4.78 is 0.743. The number of benzene rings is 9. The molecule has 1 aliphatic carbocycles. The topological polar surface area (TPSA) is 276 Å². The number of nitrogens with two attached hydrogens (primary N) is 1. The van der Waals surface area contributed by atoms with Gasteiger partial charge in [-0.1, -0.05) is 194 Å². The third kappa shape index (κ3) is 26.6. The van der Waals surface area contributed by atoms with Crippen LogP contribution in [0.1, 0.15) is 103 Å². The second-order valence-corrected chi connectivity index (χ2v) is 27.3. The largest absolute Gasteiger partial charge is 2.00 e. The molecule has 568 valence electrons. The van der Waals surface area contributed by atoms with E-state index in [1.165, 1.54) is 27.8 Å². The van der Waals surface area contributed by atoms with Crippen molar-refractivity contribution >= 4 is 79.8 Å². The van der Waals surface area contributed by atoms with E-state index in [9.17, 15) is 19.8 Å². The molecule has 0 spiro atoms. The Bertz CT molecular complexity index is 5550. The Morgan fingerprint density at radius 1 is 0.526 bits per heavy atom. The van der Waals surface area contributed by atoms with Crippen LogP contribution in [0.15, 0.2) is 315 Å². The van der Waals surface area contributed by atoms with Crippen LogP contribution in [0.3, 0.4) is 0 Å². The van der Waals surface area contributed by atoms with Crippen LogP contribution in [0.4, 0.5) is 0 Å². The van der Waals surface area contributed by atoms with Crippen LogP contribution in [-0.4, -0.2) is 92.2 Å². The maximum absolute atomic E-state index is 13.5. The van der Waals surface area contributed by atoms with Gasteiger partial charge in [0.25, 0.3) is 0 Å². The number of phenolic OH excluding ortho intramolecular Hbond substituents is 2. The predicted molar refractivity (Wildman–Crippen MR) is 458 cm³/mol. The number of pyridine rings is 4. The summed E-state index contributed by atoms with van der Waals surface area (Å²) in [4.78, 5) is 44.2. The zero-order valence-electron chi connectivity index (χ0n) is 63.9. The number of nitriles is 2. The van der Waals surface area contributed by atoms with Crippen LogP contribution in [0, 0.1) is 57.3 Å². The first-order valence-electron chi connectivity index (χ1n) is 36.4. The summed E-state index contributed by atoms with van der Waals surface area (Å²) in [5.74, 6) is -0.346. The Labute approximate surface area is 698 Å². The van der Waals surface area contributed by atoms with Crippen LogP contribution >= 0.6 is 15.9 Å². The molecule has 114 heavy (non-hydrogen) atoms. The van der Waals surface area contributed by atoms with Crippen molar-refractivity contribution in [3.63, 3.8) is 0 Å². The number of aromatic amines is 1. The predicted octanol–water partition coefficient (Wildman–Crippen LogP) is 15.7. The number of carboxylic acid groups (broad SMARTS) is 1. The number of halogens is 2. The molecule has 8 N–H and O–H groups in total. The van der Waals surface area contributed by atoms with Crippen molar-refractivity contribution in [2.75, 3.05) is 0 Å². The Morgan fingerprint density at radius 3 is 1.49 bits per heavy atom. The number of nitrogens with zero attached hydrogens (tertiary/aromatic N) is 6. The molecule has 0 radical (unpaired) electrons. The zero-order chi connectivity index (χ0) is 79.7. The number of Topliss-reactive ketones (excluding diaryl/α,β-unsaturated/α-hetero) is 1. The average Bonchev–Trinajstić information content (AvgIpc) is 1.68. The van der Waals surface area contributed by atoms with E-state index in [4.69, 9.17) is 36.4 Å². The molecule has 0 bridgehead atoms. The molecule has 2 unspecified atom stereocenters. The Balaban J connectivity index is 0.000000197. The fraction of sp³-hybridized carbons (Fsp3) is 0.126. The maximum atomic E-state index is 13.5. The maximum Gasteiger partial charge on any atom is 2.00 e. The molecule has 14 aromatic rings. The molecule has 5 aromatic heterocycles. The van der Waals surface area contributed by atoms with Crippen molar-refractivity contribution in [3.8, 4) is 57.0 Å². The van der Waals surface area contributed by atoms with E-state index in [0.29, 0.717) is 35.3 Å². The number of H-pyrrole nitrogens is 1. The van der Waals surface area contributed by atoms with Crippen LogP contribution in [-0.2, 0) is 35.3 Å². The molecule has 1 aliphatic rings. The SMILES string of the molecule is Cc1ccccc1-c1cccnc1C#N.Cc1ccccc1-c1cccnc1C(CC(=O)CC1=CCc2ccc(O)cc21)Cc1ccccc1.Cc1ccccc1-c1cccnc1C(N)Cc1ccccc1.Cc1ccccc1B(O)O.N#Cc1ncccc1Br.O=C(O)Cc1c[nH]c2ccc(O)cc12.[CH2-]c1ccccc1.[Cl-].[Mg+2]. The van der Waals surface area contributed by atoms with Gasteiger partial charge in [0, 0.05) is 77.3 Å². The van der Waals surface area contributed by atoms with Crippen molar-refractivity contribution in [3.05, 3.63) is 400 Å². The number of aromatic hydroxyl groups is 2. The first kappa shape index (κ1) is 89.1. The first-order valence-corrected chi connectivity index (χ1v) is 37.2. The molecule has 0 fully saturated rings. The van der Waals surface area contributed by atoms with Crippen molar-refractivity contribution in [2.24, 2.45) is 5.73 Å². The number of aromatic nitrogens is 5. The number of rotatable bonds is 16. The number of ketones is 1. The number of carboxylic acids is 1. The fourth-order valence-electron chi connectivity index (χ4n) is 12.8. The monoisotopic (exact) mass is 1600 g/mol. The third-order valence-corrected chi connectivity index (χ3v) is 19.0. The van der Waals surface area contributed by atoms with Crippen molar-refractivity contribution < 1.29 is 47.4 Å². The number of aliphatic carboxylic acids is 1. The van der Waals surface area contributed by atoms with Crippen LogP contribution in [0.25, 0.3) is 49.9 Å². The van der Waals surface area contributed by atoms with Gasteiger partial charge in [-0.05, 0) is 202 Å². The number of phenols is 2. The van der Waals surface area contributed by atoms with E-state index in [-0.39, 0.29) is 71.1 Å². The number of hydrogen-bond acceptors (Lipinski definition) is 13. The molecule has 0 saturated heterocycles. The van der Waals surface area contributed by atoms with Gasteiger partial charge in [0.15, 0.2) is 5.69 Å². The van der Waals surface area contributed by atoms with Gasteiger partial charge in [-0.3, -0.25) is 19.6 Å². The second kappa shape index (κ2) is 46.1. The number of fused-ring (bicyclic) bond motifs is 2. The molecule has 15 rings (SSSR count). The normalized spacial score (nSPS) is 11.0. The van der Waals surface area contributed by atoms with Gasteiger partial charge in [0.1, 0.15) is 35.1 Å². The quantitative estimate of drug-likeness (QED) is 0.0350. The van der Waals surface area contributed by atoms with Crippen molar-refractivity contribution in [1.29, 1.82) is 10.5 Å². The number of carbonyl (C=O) groups excluding carboxylic acids is 1. The van der Waals surface area contributed by atoms with E-state index in [1.54, 1.807) is 73.2 Å². The minimum absolute atomic E-state index is 0. The van der Waals surface area contributed by atoms with E-state index in [1.807, 2.05) is 172 Å². The molecule has 15 nitrogen and oxygen atoms in total. The number of allylic oxidation sites excluding steroid dienone is 2. The summed E-state index contributed by atoms with van der Waals surface area (Å²) in [6.45, 7) is 11.8. The summed E-state index contributed by atoms with van der Waals surface area (Å²) in [7, 11) is -1.35. The van der Waals surface area contributed by atoms with E-state index < -0.39 is 13.1 Å². The molecule has 0 saturated carbocycles. The minimum Gasteiger partial charge on any atom is -1.00 e. The summed E-state index contributed by atoms with van der Waals surface area (Å²) >= 11 is 3.17. The van der Waals surface area contributed by atoms with Gasteiger partial charge in [-0.25, -0.2) is 9.97 Å². The Hall–Kier alpha value is -12.1. The number of carbonyl (C=O) groups is 2. The van der Waals surface area contributed by atoms with Gasteiger partial charge >= 0.3 is 36.1 Å². The summed E-state index contributed by atoms with van der Waals surface area (Å²) in [6, 6.07) is 92.1. The minimum atomic E-state index is -1.35. The second-order valence-electron chi connectivity index (χ2n) is 26.5. The average molecular weight is 1600 g/mol. The summed E-state index contributed by atoms with van der Waals surface area (Å²) in [6.07, 6.45) is 13.7. The summed E-state index contributed by atoms with van der Waals surface area (Å²) in [5, 5.41) is 63.4. The smallest absolute Gasteiger partial charge is 1.00 e. The van der Waals surface area contributed by atoms with Gasteiger partial charge < -0.3 is 48.5 Å². The Morgan fingerprint density at radius 2 is 0.982 bits per heavy atom. The van der Waals surface area contributed by atoms with Crippen molar-refractivity contribution in [1.82, 2.24) is 24.9 Å². The molecular weight excluding hydrogens is 1520 g/mol. The molecule has 0 amide bonds. The summed E-state index contributed by atoms with van der Waals surface area (Å²) in [5.41, 5.74) is 29.1. The third-order valence-electron chi connectivity index (χ3n) is 18.4. The van der Waals surface area contributed by atoms with Crippen LogP contribution in [0.2, 0.25) is 0 Å². The van der Waals surface area contributed by atoms with Gasteiger partial charge in [0.05, 0.1) is 28.3 Å². The first-order chi connectivity index (χ1) is 54.3. The molecule has 0 aliphatic heterocycles. The van der Waals surface area contributed by atoms with Gasteiger partial charge in [-0.15, -0.1) is 12.1 Å². The van der Waals surface area contributed by atoms with E-state index >= 15 is 0 Å². The Kier molecular flexibility index (Phi) is 36.0. The molecule has 2 atom stereocenters. The zero-order valence-corrected chi connectivity index (χ0v) is 67.7. The van der Waals surface area contributed by atoms with Gasteiger partial charge in [0.2, 0.25) is 0 Å². The van der Waals surface area contributed by atoms with Crippen molar-refractivity contribution in [2.45, 2.75) is 78.2 Å². The van der Waals surface area contributed by atoms with Crippen LogP contribution < -0.4 is 23.6 Å². The van der Waals surface area contributed by atoms with Gasteiger partial charge in [-0.2, -0.15) is 35.1 Å². The molecule has 19 heteroatoms.